The Morgan fingerprint density at radius 1 is 1.04 bits per heavy atom. The van der Waals surface area contributed by atoms with Crippen molar-refractivity contribution in [1.29, 1.82) is 0 Å². The van der Waals surface area contributed by atoms with Crippen LogP contribution in [0.4, 0.5) is 23.7 Å². The maximum Gasteiger partial charge on any atom is 0.418 e. The van der Waals surface area contributed by atoms with E-state index in [2.05, 4.69) is 10.6 Å². The SMILES string of the molecule is O=C(NC1CCC(O)CC1)NC1CCN(c2ccccc2C(F)(F)F)C1. The quantitative estimate of drug-likeness (QED) is 0.766. The number of nitrogens with one attached hydrogen (secondary N) is 2. The summed E-state index contributed by atoms with van der Waals surface area (Å²) in [6, 6.07) is 5.09. The van der Waals surface area contributed by atoms with Gasteiger partial charge in [-0.1, -0.05) is 12.1 Å². The highest BCUT2D eigenvalue weighted by Crippen LogP contribution is 2.37. The van der Waals surface area contributed by atoms with Crippen molar-refractivity contribution in [1.82, 2.24) is 10.6 Å². The molecule has 0 radical (unpaired) electrons. The Labute approximate surface area is 150 Å². The first-order valence-corrected chi connectivity index (χ1v) is 8.99. The highest BCUT2D eigenvalue weighted by Gasteiger charge is 2.36. The van der Waals surface area contributed by atoms with E-state index in [0.29, 0.717) is 32.4 Å². The van der Waals surface area contributed by atoms with E-state index in [-0.39, 0.29) is 29.9 Å². The minimum Gasteiger partial charge on any atom is -0.393 e. The molecule has 5 nitrogen and oxygen atoms in total. The molecule has 3 rings (SSSR count). The summed E-state index contributed by atoms with van der Waals surface area (Å²) in [5.74, 6) is 0. The number of aliphatic hydroxyl groups excluding tert-OH is 1. The minimum absolute atomic E-state index is 0.0434. The van der Waals surface area contributed by atoms with E-state index in [4.69, 9.17) is 0 Å². The van der Waals surface area contributed by atoms with Gasteiger partial charge in [0, 0.05) is 30.9 Å². The number of amides is 2. The molecule has 1 aliphatic heterocycles. The second-order valence-corrected chi connectivity index (χ2v) is 7.07. The van der Waals surface area contributed by atoms with Gasteiger partial charge in [-0.2, -0.15) is 13.2 Å². The predicted octanol–water partition coefficient (Wildman–Crippen LogP) is 2.89. The molecule has 0 spiro atoms. The van der Waals surface area contributed by atoms with Gasteiger partial charge in [0.05, 0.1) is 11.7 Å². The van der Waals surface area contributed by atoms with Crippen molar-refractivity contribution in [3.63, 3.8) is 0 Å². The summed E-state index contributed by atoms with van der Waals surface area (Å²) in [5.41, 5.74) is -0.489. The summed E-state index contributed by atoms with van der Waals surface area (Å²) in [6.45, 7) is 0.817. The van der Waals surface area contributed by atoms with Crippen LogP contribution < -0.4 is 15.5 Å². The number of aliphatic hydroxyl groups is 1. The molecule has 8 heteroatoms. The number of hydrogen-bond donors (Lipinski definition) is 3. The zero-order valence-electron chi connectivity index (χ0n) is 14.4. The molecule has 1 heterocycles. The molecule has 1 aromatic rings. The van der Waals surface area contributed by atoms with Crippen LogP contribution >= 0.6 is 0 Å². The molecular formula is C18H24F3N3O2. The first-order valence-electron chi connectivity index (χ1n) is 8.99. The van der Waals surface area contributed by atoms with Crippen molar-refractivity contribution in [2.24, 2.45) is 0 Å². The summed E-state index contributed by atoms with van der Waals surface area (Å²) < 4.78 is 39.5. The molecule has 144 valence electrons. The molecule has 1 saturated carbocycles. The van der Waals surface area contributed by atoms with Crippen LogP contribution in [0.1, 0.15) is 37.7 Å². The molecule has 2 fully saturated rings. The van der Waals surface area contributed by atoms with E-state index in [0.717, 1.165) is 18.9 Å². The summed E-state index contributed by atoms with van der Waals surface area (Å²) in [7, 11) is 0. The van der Waals surface area contributed by atoms with Crippen LogP contribution in [-0.2, 0) is 6.18 Å². The molecule has 0 aromatic heterocycles. The van der Waals surface area contributed by atoms with Gasteiger partial charge >= 0.3 is 12.2 Å². The number of halogens is 3. The molecule has 1 aliphatic carbocycles. The van der Waals surface area contributed by atoms with Gasteiger partial charge < -0.3 is 20.6 Å². The van der Waals surface area contributed by atoms with E-state index in [1.165, 1.54) is 12.1 Å². The number of carbonyl (C=O) groups is 1. The standard InChI is InChI=1S/C18H24F3N3O2/c19-18(20,21)15-3-1-2-4-16(15)24-10-9-13(11-24)23-17(26)22-12-5-7-14(25)8-6-12/h1-4,12-14,25H,5-11H2,(H2,22,23,26). The van der Waals surface area contributed by atoms with Crippen LogP contribution in [0.3, 0.4) is 0 Å². The molecular weight excluding hydrogens is 347 g/mol. The normalized spacial score (nSPS) is 26.6. The van der Waals surface area contributed by atoms with E-state index in [1.54, 1.807) is 11.0 Å². The van der Waals surface area contributed by atoms with Gasteiger partial charge in [-0.3, -0.25) is 0 Å². The maximum atomic E-state index is 13.2. The third-order valence-corrected chi connectivity index (χ3v) is 5.11. The fraction of sp³-hybridized carbons (Fsp3) is 0.611. The zero-order chi connectivity index (χ0) is 18.7. The maximum absolute atomic E-state index is 13.2. The lowest BCUT2D eigenvalue weighted by atomic mass is 9.93. The Kier molecular flexibility index (Phi) is 5.60. The lowest BCUT2D eigenvalue weighted by molar-refractivity contribution is -0.137. The fourth-order valence-corrected chi connectivity index (χ4v) is 3.72. The van der Waals surface area contributed by atoms with Crippen LogP contribution in [0, 0.1) is 0 Å². The Morgan fingerprint density at radius 2 is 1.69 bits per heavy atom. The number of rotatable bonds is 3. The van der Waals surface area contributed by atoms with Gasteiger partial charge in [0.25, 0.3) is 0 Å². The third-order valence-electron chi connectivity index (χ3n) is 5.11. The molecule has 1 saturated heterocycles. The van der Waals surface area contributed by atoms with Crippen LogP contribution in [0.2, 0.25) is 0 Å². The Morgan fingerprint density at radius 3 is 2.38 bits per heavy atom. The summed E-state index contributed by atoms with van der Waals surface area (Å²) >= 11 is 0. The van der Waals surface area contributed by atoms with Gasteiger partial charge in [0.15, 0.2) is 0 Å². The van der Waals surface area contributed by atoms with Gasteiger partial charge in [0.1, 0.15) is 0 Å². The summed E-state index contributed by atoms with van der Waals surface area (Å²) in [4.78, 5) is 13.8. The Bertz CT molecular complexity index is 630. The van der Waals surface area contributed by atoms with Crippen molar-refractivity contribution in [3.8, 4) is 0 Å². The smallest absolute Gasteiger partial charge is 0.393 e. The molecule has 1 atom stereocenters. The average Bonchev–Trinajstić information content (AvgIpc) is 3.04. The summed E-state index contributed by atoms with van der Waals surface area (Å²) in [6.07, 6.45) is -1.25. The van der Waals surface area contributed by atoms with Crippen LogP contribution in [0.15, 0.2) is 24.3 Å². The van der Waals surface area contributed by atoms with Crippen LogP contribution in [-0.4, -0.2) is 42.4 Å². The van der Waals surface area contributed by atoms with Gasteiger partial charge in [-0.25, -0.2) is 4.79 Å². The topological polar surface area (TPSA) is 64.6 Å². The van der Waals surface area contributed by atoms with E-state index in [9.17, 15) is 23.1 Å². The lowest BCUT2D eigenvalue weighted by Gasteiger charge is -2.27. The molecule has 2 aliphatic rings. The minimum atomic E-state index is -4.40. The molecule has 1 unspecified atom stereocenters. The number of anilines is 1. The number of alkyl halides is 3. The van der Waals surface area contributed by atoms with Crippen molar-refractivity contribution in [2.75, 3.05) is 18.0 Å². The number of urea groups is 1. The average molecular weight is 371 g/mol. The van der Waals surface area contributed by atoms with Gasteiger partial charge in [-0.15, -0.1) is 0 Å². The van der Waals surface area contributed by atoms with Crippen molar-refractivity contribution >= 4 is 11.7 Å². The predicted molar refractivity (Wildman–Crippen MR) is 92.0 cm³/mol. The van der Waals surface area contributed by atoms with Crippen LogP contribution in [0.5, 0.6) is 0 Å². The molecule has 1 aromatic carbocycles. The van der Waals surface area contributed by atoms with Crippen molar-refractivity contribution < 1.29 is 23.1 Å². The second kappa shape index (κ2) is 7.73. The Balaban J connectivity index is 1.54. The molecule has 3 N–H and O–H groups in total. The van der Waals surface area contributed by atoms with Gasteiger partial charge in [0.2, 0.25) is 0 Å². The van der Waals surface area contributed by atoms with E-state index < -0.39 is 11.7 Å². The monoisotopic (exact) mass is 371 g/mol. The first kappa shape index (κ1) is 18.8. The van der Waals surface area contributed by atoms with Crippen molar-refractivity contribution in [3.05, 3.63) is 29.8 Å². The number of benzene rings is 1. The molecule has 26 heavy (non-hydrogen) atoms. The number of carbonyl (C=O) groups excluding carboxylic acids is 1. The molecule has 2 amide bonds. The number of hydrogen-bond acceptors (Lipinski definition) is 3. The van der Waals surface area contributed by atoms with Gasteiger partial charge in [-0.05, 0) is 44.2 Å². The van der Waals surface area contributed by atoms with E-state index >= 15 is 0 Å². The molecule has 0 bridgehead atoms. The zero-order valence-corrected chi connectivity index (χ0v) is 14.4. The van der Waals surface area contributed by atoms with Crippen LogP contribution in [0.25, 0.3) is 0 Å². The first-order chi connectivity index (χ1) is 12.3. The second-order valence-electron chi connectivity index (χ2n) is 7.07. The number of nitrogens with zero attached hydrogens (tertiary/aromatic N) is 1. The third kappa shape index (κ3) is 4.60. The summed E-state index contributed by atoms with van der Waals surface area (Å²) in [5, 5.41) is 15.3. The highest BCUT2D eigenvalue weighted by molar-refractivity contribution is 5.74. The largest absolute Gasteiger partial charge is 0.418 e. The van der Waals surface area contributed by atoms with Crippen molar-refractivity contribution in [2.45, 2.75) is 56.5 Å². The number of para-hydroxylation sites is 1. The highest BCUT2D eigenvalue weighted by atomic mass is 19.4. The van der Waals surface area contributed by atoms with E-state index in [1.807, 2.05) is 0 Å². The fourth-order valence-electron chi connectivity index (χ4n) is 3.72. The lowest BCUT2D eigenvalue weighted by Crippen LogP contribution is -2.48. The Hall–Kier alpha value is -1.96.